The molecule has 0 aromatic heterocycles. The second-order valence-electron chi connectivity index (χ2n) is 15.6. The van der Waals surface area contributed by atoms with Crippen LogP contribution in [0, 0.1) is 17.2 Å². The van der Waals surface area contributed by atoms with E-state index in [2.05, 4.69) is 21.3 Å². The van der Waals surface area contributed by atoms with Gasteiger partial charge in [0.2, 0.25) is 49.3 Å². The Kier molecular flexibility index (Phi) is 19.3. The Hall–Kier alpha value is -5.36. The Morgan fingerprint density at radius 2 is 1.67 bits per heavy atom. The summed E-state index contributed by atoms with van der Waals surface area (Å²) < 4.78 is 38.5. The van der Waals surface area contributed by atoms with Gasteiger partial charge in [0, 0.05) is 57.8 Å². The molecular formula is C39H53BF2N8O14. The minimum Gasteiger partial charge on any atom is -0.407 e. The van der Waals surface area contributed by atoms with Gasteiger partial charge in [-0.2, -0.15) is 5.26 Å². The summed E-state index contributed by atoms with van der Waals surface area (Å²) in [5.41, 5.74) is 2.46. The van der Waals surface area contributed by atoms with Crippen LogP contribution in [0.15, 0.2) is 18.2 Å². The number of carbonyl (C=O) groups is 7. The number of nitriles is 1. The van der Waals surface area contributed by atoms with Crippen LogP contribution < -0.4 is 26.5 Å². The van der Waals surface area contributed by atoms with Gasteiger partial charge >= 0.3 is 0 Å². The van der Waals surface area contributed by atoms with Crippen LogP contribution in [0.5, 0.6) is 0 Å². The van der Waals surface area contributed by atoms with E-state index in [1.807, 2.05) is 11.3 Å². The summed E-state index contributed by atoms with van der Waals surface area (Å²) in [4.78, 5) is 90.6. The van der Waals surface area contributed by atoms with Crippen LogP contribution >= 0.6 is 0 Å². The number of likely N-dealkylation sites (tertiary alicyclic amines) is 1. The normalized spacial score (nSPS) is 21.1. The highest BCUT2D eigenvalue weighted by atomic mass is 19.3. The molecule has 0 bridgehead atoms. The van der Waals surface area contributed by atoms with Crippen LogP contribution in [0.1, 0.15) is 55.2 Å². The summed E-state index contributed by atoms with van der Waals surface area (Å²) in [6, 6.07) is 3.47. The Bertz CT molecular complexity index is 1890. The molecule has 2 saturated heterocycles. The van der Waals surface area contributed by atoms with Crippen LogP contribution in [-0.4, -0.2) is 179 Å². The van der Waals surface area contributed by atoms with Gasteiger partial charge in [0.1, 0.15) is 43.0 Å². The number of aliphatic hydroxyl groups excluding tert-OH is 5. The van der Waals surface area contributed by atoms with E-state index in [0.717, 1.165) is 21.6 Å². The fourth-order valence-electron chi connectivity index (χ4n) is 7.32. The molecule has 350 valence electrons. The van der Waals surface area contributed by atoms with E-state index in [0.29, 0.717) is 0 Å². The van der Waals surface area contributed by atoms with Gasteiger partial charge in [-0.15, -0.1) is 0 Å². The third kappa shape index (κ3) is 14.6. The van der Waals surface area contributed by atoms with Gasteiger partial charge in [0.25, 0.3) is 5.92 Å². The van der Waals surface area contributed by atoms with Crippen LogP contribution in [0.4, 0.5) is 8.78 Å². The zero-order chi connectivity index (χ0) is 47.1. The molecule has 0 saturated carbocycles. The van der Waals surface area contributed by atoms with Gasteiger partial charge in [-0.05, 0) is 29.5 Å². The van der Waals surface area contributed by atoms with Crippen molar-refractivity contribution in [3.05, 3.63) is 34.9 Å². The van der Waals surface area contributed by atoms with Gasteiger partial charge < -0.3 is 71.3 Å². The summed E-state index contributed by atoms with van der Waals surface area (Å²) in [7, 11) is 5.18. The third-order valence-corrected chi connectivity index (χ3v) is 10.9. The van der Waals surface area contributed by atoms with Gasteiger partial charge in [-0.1, -0.05) is 18.2 Å². The molecule has 1 aromatic carbocycles. The molecule has 10 N–H and O–H groups in total. The topological polar surface area (TPSA) is 330 Å². The number of rotatable bonds is 24. The molecule has 3 aliphatic heterocycles. The second-order valence-corrected chi connectivity index (χ2v) is 15.6. The molecule has 0 aliphatic carbocycles. The monoisotopic (exact) mass is 906 g/mol. The summed E-state index contributed by atoms with van der Waals surface area (Å²) in [6.07, 6.45) is -8.82. The number of alkyl halides is 2. The largest absolute Gasteiger partial charge is 0.407 e. The van der Waals surface area contributed by atoms with E-state index < -0.39 is 117 Å². The van der Waals surface area contributed by atoms with Crippen molar-refractivity contribution < 1.29 is 77.3 Å². The molecule has 1 aromatic rings. The minimum absolute atomic E-state index is 0.0117. The fourth-order valence-corrected chi connectivity index (χ4v) is 7.32. The van der Waals surface area contributed by atoms with Crippen LogP contribution in [0.25, 0.3) is 0 Å². The Morgan fingerprint density at radius 3 is 2.38 bits per heavy atom. The average Bonchev–Trinajstić information content (AvgIpc) is 3.98. The lowest BCUT2D eigenvalue weighted by atomic mass is 9.99. The second kappa shape index (κ2) is 24.1. The number of ether oxygens (including phenoxy) is 2. The zero-order valence-corrected chi connectivity index (χ0v) is 34.7. The van der Waals surface area contributed by atoms with E-state index in [1.54, 1.807) is 23.1 Å². The maximum absolute atomic E-state index is 13.9. The van der Waals surface area contributed by atoms with E-state index in [1.165, 1.54) is 0 Å². The molecule has 64 heavy (non-hydrogen) atoms. The number of hydrogen-bond donors (Lipinski definition) is 10. The first-order valence-corrected chi connectivity index (χ1v) is 20.4. The van der Waals surface area contributed by atoms with Crippen LogP contribution in [0.2, 0.25) is 0 Å². The van der Waals surface area contributed by atoms with Crippen molar-refractivity contribution in [3.63, 3.8) is 0 Å². The van der Waals surface area contributed by atoms with Crippen molar-refractivity contribution >= 4 is 49.3 Å². The smallest absolute Gasteiger partial charge is 0.268 e. The molecule has 4 rings (SSSR count). The van der Waals surface area contributed by atoms with Crippen molar-refractivity contribution in [1.82, 2.24) is 36.3 Å². The molecule has 2 radical (unpaired) electrons. The number of fused-ring (bicyclic) bond motifs is 1. The van der Waals surface area contributed by atoms with Gasteiger partial charge in [-0.25, -0.2) is 8.78 Å². The molecule has 3 heterocycles. The van der Waals surface area contributed by atoms with E-state index in [9.17, 15) is 68.0 Å². The Morgan fingerprint density at radius 1 is 0.969 bits per heavy atom. The lowest BCUT2D eigenvalue weighted by Crippen LogP contribution is -2.50. The first-order valence-electron chi connectivity index (χ1n) is 20.4. The molecule has 0 spiro atoms. The number of carbonyl (C=O) groups excluding carboxylic acids is 7. The van der Waals surface area contributed by atoms with Crippen molar-refractivity contribution in [2.75, 3.05) is 46.1 Å². The Balaban J connectivity index is 1.09. The number of nitrogens with one attached hydrogen (secondary N) is 5. The maximum Gasteiger partial charge on any atom is 0.268 e. The molecule has 0 unspecified atom stereocenters. The molecular weight excluding hydrogens is 853 g/mol. The predicted molar refractivity (Wildman–Crippen MR) is 213 cm³/mol. The van der Waals surface area contributed by atoms with Gasteiger partial charge in [-0.3, -0.25) is 33.6 Å². The number of nitrogens with zero attached hydrogens (tertiary/aromatic N) is 3. The number of amides is 7. The standard InChI is InChI=1S/C39H53BF2N8O14/c40-48-37(61)26(4-5-30(54)45-15-28(52)34(58)35(59)29(53)18-51)46-32(56)19-64-9-8-63-7-6-31(55)44-14-21-2-1-3-22-16-49(17-25(21)22)33(57)11-23-10-27(47-36(23)60)38(62)50-20-39(41,42)12-24(50)13-43/h1-3,23-24,26-29,34-35,51-53,58-59H,4-12,14-20H2,(H,44,55)(H,45,54)(H,46,56)(H,47,60)(H,48,61)/t23-,24-,26+,27-,28-,29+,34+,35+/m0/s1. The lowest BCUT2D eigenvalue weighted by Gasteiger charge is -2.25. The fraction of sp³-hybridized carbons (Fsp3) is 0.641. The predicted octanol–water partition coefficient (Wildman–Crippen LogP) is -4.76. The zero-order valence-electron chi connectivity index (χ0n) is 34.7. The third-order valence-electron chi connectivity index (χ3n) is 10.9. The molecule has 2 fully saturated rings. The first kappa shape index (κ1) is 51.3. The average molecular weight is 907 g/mol. The number of hydrogen-bond acceptors (Lipinski definition) is 15. The van der Waals surface area contributed by atoms with E-state index in [-0.39, 0.29) is 83.4 Å². The SMILES string of the molecule is [B]NC(=O)[C@@H](CCC(=O)NC[C@H](O)[C@@H](O)[C@H](O)[C@H](O)CO)NC(=O)COCCOCCC(=O)NCc1cccc2c1CN(C(=O)C[C@@H]1C[C@@H](C(=O)N3CC(F)(F)C[C@H]3C#N)NC1=O)C2. The lowest BCUT2D eigenvalue weighted by molar-refractivity contribution is -0.135. The van der Waals surface area contributed by atoms with Crippen molar-refractivity contribution in [3.8, 4) is 6.07 Å². The quantitative estimate of drug-likeness (QED) is 0.0344. The number of halogens is 2. The highest BCUT2D eigenvalue weighted by molar-refractivity contribution is 6.15. The van der Waals surface area contributed by atoms with Crippen molar-refractivity contribution in [2.24, 2.45) is 5.92 Å². The molecule has 8 atom stereocenters. The van der Waals surface area contributed by atoms with Gasteiger partial charge in [0.15, 0.2) is 0 Å². The maximum atomic E-state index is 13.9. The number of aliphatic hydroxyl groups is 5. The molecule has 22 nitrogen and oxygen atoms in total. The van der Waals surface area contributed by atoms with E-state index in [4.69, 9.17) is 22.6 Å². The van der Waals surface area contributed by atoms with E-state index >= 15 is 0 Å². The van der Waals surface area contributed by atoms with Crippen LogP contribution in [-0.2, 0) is 62.7 Å². The summed E-state index contributed by atoms with van der Waals surface area (Å²) in [5.74, 6) is -8.31. The Labute approximate surface area is 367 Å². The van der Waals surface area contributed by atoms with Crippen molar-refractivity contribution in [2.45, 2.75) is 107 Å². The minimum atomic E-state index is -3.21. The highest BCUT2D eigenvalue weighted by Gasteiger charge is 2.50. The molecule has 7 amide bonds. The number of benzene rings is 1. The summed E-state index contributed by atoms with van der Waals surface area (Å²) in [5, 5.41) is 68.7. The van der Waals surface area contributed by atoms with Gasteiger partial charge in [0.05, 0.1) is 45.1 Å². The van der Waals surface area contributed by atoms with Crippen molar-refractivity contribution in [1.29, 1.82) is 5.26 Å². The summed E-state index contributed by atoms with van der Waals surface area (Å²) in [6.45, 7) is -2.22. The first-order chi connectivity index (χ1) is 30.4. The summed E-state index contributed by atoms with van der Waals surface area (Å²) >= 11 is 0. The molecule has 25 heteroatoms. The van der Waals surface area contributed by atoms with Crippen LogP contribution in [0.3, 0.4) is 0 Å². The molecule has 3 aliphatic rings. The highest BCUT2D eigenvalue weighted by Crippen LogP contribution is 2.34.